The van der Waals surface area contributed by atoms with Crippen molar-refractivity contribution in [1.29, 1.82) is 0 Å². The van der Waals surface area contributed by atoms with Crippen molar-refractivity contribution in [3.05, 3.63) is 10.1 Å². The quantitative estimate of drug-likeness (QED) is 0.429. The molecule has 2 aliphatic rings. The number of hydrogen-bond donors (Lipinski definition) is 1. The van der Waals surface area contributed by atoms with Crippen molar-refractivity contribution >= 4 is 17.7 Å². The number of nitrogens with zero attached hydrogens (tertiary/aromatic N) is 1. The van der Waals surface area contributed by atoms with Crippen LogP contribution in [0.5, 0.6) is 0 Å². The van der Waals surface area contributed by atoms with E-state index in [9.17, 15) is 14.9 Å². The van der Waals surface area contributed by atoms with Crippen molar-refractivity contribution in [3.63, 3.8) is 0 Å². The van der Waals surface area contributed by atoms with Crippen LogP contribution in [-0.4, -0.2) is 41.7 Å². The topological polar surface area (TPSA) is 87.9 Å². The normalized spacial score (nSPS) is 31.2. The fourth-order valence-electron chi connectivity index (χ4n) is 1.63. The summed E-state index contributed by atoms with van der Waals surface area (Å²) in [5.74, 6) is 0. The van der Waals surface area contributed by atoms with Gasteiger partial charge in [-0.1, -0.05) is 0 Å². The standard InChI is InChI=1S/C6H9NO5.C2H4OS/c8-7(9)12-5-3-11-4-1-2-10-6(4)5;1-2(3)4/h4-6H,1-3H2;1H3,(H,3,4)/t4-,5?,6+;/m1./s1. The fraction of sp³-hybridized carbons (Fsp3) is 0.875. The smallest absolute Gasteiger partial charge is 0.294 e. The van der Waals surface area contributed by atoms with E-state index >= 15 is 0 Å². The van der Waals surface area contributed by atoms with Gasteiger partial charge < -0.3 is 14.3 Å². The predicted molar refractivity (Wildman–Crippen MR) is 55.6 cm³/mol. The molecule has 0 aliphatic carbocycles. The number of fused-ring (bicyclic) bond motifs is 1. The van der Waals surface area contributed by atoms with E-state index in [4.69, 9.17) is 9.47 Å². The maximum Gasteiger partial charge on any atom is 0.294 e. The third-order valence-electron chi connectivity index (χ3n) is 2.14. The van der Waals surface area contributed by atoms with Crippen LogP contribution >= 0.6 is 12.6 Å². The number of thiol groups is 1. The van der Waals surface area contributed by atoms with Crippen molar-refractivity contribution in [2.24, 2.45) is 0 Å². The van der Waals surface area contributed by atoms with Crippen molar-refractivity contribution in [1.82, 2.24) is 0 Å². The number of ether oxygens (including phenoxy) is 2. The van der Waals surface area contributed by atoms with Crippen molar-refractivity contribution < 1.29 is 24.2 Å². The Morgan fingerprint density at radius 3 is 2.75 bits per heavy atom. The van der Waals surface area contributed by atoms with E-state index < -0.39 is 11.2 Å². The maximum atomic E-state index is 10.0. The second-order valence-corrected chi connectivity index (χ2v) is 4.01. The molecule has 0 spiro atoms. The highest BCUT2D eigenvalue weighted by Crippen LogP contribution is 2.28. The third kappa shape index (κ3) is 3.95. The molecule has 0 radical (unpaired) electrons. The van der Waals surface area contributed by atoms with Gasteiger partial charge in [0.1, 0.15) is 6.10 Å². The summed E-state index contributed by atoms with van der Waals surface area (Å²) in [5, 5.41) is 9.08. The van der Waals surface area contributed by atoms with Gasteiger partial charge in [-0.25, -0.2) is 0 Å². The highest BCUT2D eigenvalue weighted by Gasteiger charge is 2.43. The van der Waals surface area contributed by atoms with E-state index in [1.165, 1.54) is 6.92 Å². The fourth-order valence-corrected chi connectivity index (χ4v) is 1.63. The van der Waals surface area contributed by atoms with Gasteiger partial charge >= 0.3 is 0 Å². The first-order valence-corrected chi connectivity index (χ1v) is 5.19. The van der Waals surface area contributed by atoms with E-state index in [1.54, 1.807) is 0 Å². The molecule has 2 heterocycles. The monoisotopic (exact) mass is 251 g/mol. The van der Waals surface area contributed by atoms with Crippen LogP contribution in [0.15, 0.2) is 0 Å². The molecule has 0 aromatic rings. The summed E-state index contributed by atoms with van der Waals surface area (Å²) in [7, 11) is 0. The van der Waals surface area contributed by atoms with Gasteiger partial charge in [-0.05, 0) is 6.42 Å². The molecule has 2 aliphatic heterocycles. The summed E-state index contributed by atoms with van der Waals surface area (Å²) < 4.78 is 10.5. The molecule has 1 unspecified atom stereocenters. The van der Waals surface area contributed by atoms with Gasteiger partial charge in [0.15, 0.2) is 11.2 Å². The SMILES string of the molecule is CC(=O)S.O=[N+]([O-])OC1CO[C@@H]2CCO[C@H]12. The zero-order chi connectivity index (χ0) is 12.1. The Hall–Kier alpha value is -0.860. The minimum atomic E-state index is -0.794. The molecule has 92 valence electrons. The molecule has 3 atom stereocenters. The number of rotatable bonds is 2. The van der Waals surface area contributed by atoms with E-state index in [2.05, 4.69) is 17.5 Å². The van der Waals surface area contributed by atoms with Crippen LogP contribution < -0.4 is 0 Å². The molecule has 0 saturated carbocycles. The molecule has 0 aromatic heterocycles. The average molecular weight is 251 g/mol. The van der Waals surface area contributed by atoms with Gasteiger partial charge in [-0.15, -0.1) is 22.7 Å². The molecule has 0 bridgehead atoms. The molecular weight excluding hydrogens is 238 g/mol. The lowest BCUT2D eigenvalue weighted by atomic mass is 10.1. The van der Waals surface area contributed by atoms with E-state index in [0.717, 1.165) is 6.42 Å². The first kappa shape index (κ1) is 13.2. The highest BCUT2D eigenvalue weighted by molar-refractivity contribution is 7.96. The number of hydrogen-bond acceptors (Lipinski definition) is 6. The zero-order valence-corrected chi connectivity index (χ0v) is 9.59. The van der Waals surface area contributed by atoms with E-state index in [1.807, 2.05) is 0 Å². The first-order valence-electron chi connectivity index (χ1n) is 4.74. The Morgan fingerprint density at radius 1 is 1.56 bits per heavy atom. The minimum absolute atomic E-state index is 0.00468. The van der Waals surface area contributed by atoms with Crippen LogP contribution in [0.1, 0.15) is 13.3 Å². The van der Waals surface area contributed by atoms with Crippen LogP contribution in [0.2, 0.25) is 0 Å². The Morgan fingerprint density at radius 2 is 2.19 bits per heavy atom. The van der Waals surface area contributed by atoms with Gasteiger partial charge in [0, 0.05) is 13.5 Å². The predicted octanol–water partition coefficient (Wildman–Crippen LogP) is 0.214. The van der Waals surface area contributed by atoms with Gasteiger partial charge in [0.25, 0.3) is 5.09 Å². The molecule has 2 saturated heterocycles. The molecule has 16 heavy (non-hydrogen) atoms. The summed E-state index contributed by atoms with van der Waals surface area (Å²) in [4.78, 5) is 23.7. The van der Waals surface area contributed by atoms with Gasteiger partial charge in [0.05, 0.1) is 12.7 Å². The second-order valence-electron chi connectivity index (χ2n) is 3.38. The molecule has 0 aromatic carbocycles. The van der Waals surface area contributed by atoms with Gasteiger partial charge in [0.2, 0.25) is 0 Å². The lowest BCUT2D eigenvalue weighted by Crippen LogP contribution is -2.31. The molecule has 0 N–H and O–H groups in total. The summed E-state index contributed by atoms with van der Waals surface area (Å²) in [5.41, 5.74) is 0. The highest BCUT2D eigenvalue weighted by atomic mass is 32.1. The Kier molecular flexibility index (Phi) is 4.97. The molecule has 0 amide bonds. The van der Waals surface area contributed by atoms with E-state index in [-0.39, 0.29) is 23.9 Å². The molecule has 8 heteroatoms. The summed E-state index contributed by atoms with van der Waals surface area (Å²) in [6, 6.07) is 0. The van der Waals surface area contributed by atoms with Crippen molar-refractivity contribution in [2.75, 3.05) is 13.2 Å². The summed E-state index contributed by atoms with van der Waals surface area (Å²) in [6.07, 6.45) is 0.0280. The summed E-state index contributed by atoms with van der Waals surface area (Å²) in [6.45, 7) is 2.26. The lowest BCUT2D eigenvalue weighted by Gasteiger charge is -2.12. The lowest BCUT2D eigenvalue weighted by molar-refractivity contribution is -0.769. The van der Waals surface area contributed by atoms with Crippen LogP contribution in [0.4, 0.5) is 0 Å². The van der Waals surface area contributed by atoms with Crippen LogP contribution in [0.3, 0.4) is 0 Å². The van der Waals surface area contributed by atoms with Crippen LogP contribution in [-0.2, 0) is 19.1 Å². The minimum Gasteiger partial charge on any atom is -0.373 e. The van der Waals surface area contributed by atoms with Crippen molar-refractivity contribution in [3.8, 4) is 0 Å². The average Bonchev–Trinajstić information content (AvgIpc) is 2.67. The van der Waals surface area contributed by atoms with Gasteiger partial charge in [-0.2, -0.15) is 0 Å². The largest absolute Gasteiger partial charge is 0.373 e. The van der Waals surface area contributed by atoms with E-state index in [0.29, 0.717) is 6.61 Å². The zero-order valence-electron chi connectivity index (χ0n) is 8.70. The first-order chi connectivity index (χ1) is 7.50. The summed E-state index contributed by atoms with van der Waals surface area (Å²) >= 11 is 3.33. The molecule has 2 rings (SSSR count). The third-order valence-corrected chi connectivity index (χ3v) is 2.14. The molecule has 2 fully saturated rings. The maximum absolute atomic E-state index is 10.0. The molecule has 7 nitrogen and oxygen atoms in total. The van der Waals surface area contributed by atoms with Crippen LogP contribution in [0, 0.1) is 10.1 Å². The Bertz CT molecular complexity index is 269. The number of carbonyl (C=O) groups excluding carboxylic acids is 1. The number of carbonyl (C=O) groups is 1. The van der Waals surface area contributed by atoms with Crippen molar-refractivity contribution in [2.45, 2.75) is 31.7 Å². The molecular formula is C8H13NO6S. The van der Waals surface area contributed by atoms with Gasteiger partial charge in [-0.3, -0.25) is 4.79 Å². The Balaban J connectivity index is 0.000000280. The second kappa shape index (κ2) is 6.02. The van der Waals surface area contributed by atoms with Crippen LogP contribution in [0.25, 0.3) is 0 Å². The Labute approximate surface area is 97.6 Å².